The second-order valence-corrected chi connectivity index (χ2v) is 9.56. The summed E-state index contributed by atoms with van der Waals surface area (Å²) >= 11 is 0. The molecule has 0 saturated carbocycles. The maximum atomic E-state index is 13.7. The monoisotopic (exact) mass is 424 g/mol. The van der Waals surface area contributed by atoms with E-state index in [1.807, 2.05) is 57.2 Å². The van der Waals surface area contributed by atoms with E-state index in [2.05, 4.69) is 11.4 Å². The SMILES string of the molecule is Cc1ccc(N2C(N)=C(C#N)[C@@]3(C(=O)Nc4ccccc43)C3=C2CC(C)(C)CC3=O)cc1. The number of rotatable bonds is 1. The molecule has 1 atom stereocenters. The zero-order valence-corrected chi connectivity index (χ0v) is 18.3. The number of carbonyl (C=O) groups excluding carboxylic acids is 2. The highest BCUT2D eigenvalue weighted by Crippen LogP contribution is 2.56. The Hall–Kier alpha value is -3.85. The average Bonchev–Trinajstić information content (AvgIpc) is 3.01. The normalized spacial score (nSPS) is 23.8. The molecule has 5 rings (SSSR count). The molecular weight excluding hydrogens is 400 g/mol. The number of Topliss-reactive ketones (excluding diaryl/α,β-unsaturated/α-hetero) is 1. The number of carbonyl (C=O) groups is 2. The average molecular weight is 425 g/mol. The van der Waals surface area contributed by atoms with E-state index >= 15 is 0 Å². The first kappa shape index (κ1) is 20.1. The van der Waals surface area contributed by atoms with Crippen LogP contribution in [0, 0.1) is 23.7 Å². The molecular formula is C26H24N4O2. The number of allylic oxidation sites excluding steroid dienone is 1. The van der Waals surface area contributed by atoms with Gasteiger partial charge < -0.3 is 11.1 Å². The second kappa shape index (κ2) is 6.57. The van der Waals surface area contributed by atoms with E-state index in [1.165, 1.54) is 0 Å². The van der Waals surface area contributed by atoms with Crippen molar-refractivity contribution in [1.82, 2.24) is 0 Å². The topological polar surface area (TPSA) is 99.2 Å². The number of anilines is 2. The van der Waals surface area contributed by atoms with Gasteiger partial charge in [0.15, 0.2) is 5.78 Å². The fourth-order valence-electron chi connectivity index (χ4n) is 5.36. The van der Waals surface area contributed by atoms with E-state index in [9.17, 15) is 14.9 Å². The highest BCUT2D eigenvalue weighted by Gasteiger charge is 2.61. The number of hydrogen-bond acceptors (Lipinski definition) is 5. The predicted molar refractivity (Wildman–Crippen MR) is 122 cm³/mol. The van der Waals surface area contributed by atoms with E-state index < -0.39 is 11.3 Å². The third-order valence-corrected chi connectivity index (χ3v) is 6.69. The van der Waals surface area contributed by atoms with Crippen LogP contribution in [0.5, 0.6) is 0 Å². The van der Waals surface area contributed by atoms with Gasteiger partial charge in [-0.1, -0.05) is 49.7 Å². The summed E-state index contributed by atoms with van der Waals surface area (Å²) in [7, 11) is 0. The van der Waals surface area contributed by atoms with Crippen molar-refractivity contribution < 1.29 is 9.59 Å². The number of ketones is 1. The smallest absolute Gasteiger partial charge is 0.245 e. The quantitative estimate of drug-likeness (QED) is 0.720. The molecule has 32 heavy (non-hydrogen) atoms. The number of nitrogens with one attached hydrogen (secondary N) is 1. The Morgan fingerprint density at radius 2 is 1.75 bits per heavy atom. The fraction of sp³-hybridized carbons (Fsp3) is 0.269. The lowest BCUT2D eigenvalue weighted by Gasteiger charge is -2.46. The van der Waals surface area contributed by atoms with Gasteiger partial charge in [0.2, 0.25) is 5.91 Å². The Labute approximate surface area is 187 Å². The number of benzene rings is 2. The molecule has 1 spiro atoms. The third kappa shape index (κ3) is 2.51. The Morgan fingerprint density at radius 3 is 2.44 bits per heavy atom. The first-order valence-electron chi connectivity index (χ1n) is 10.7. The van der Waals surface area contributed by atoms with Crippen LogP contribution < -0.4 is 16.0 Å². The summed E-state index contributed by atoms with van der Waals surface area (Å²) in [4.78, 5) is 29.1. The summed E-state index contributed by atoms with van der Waals surface area (Å²) in [6, 6.07) is 17.2. The van der Waals surface area contributed by atoms with Gasteiger partial charge in [-0.3, -0.25) is 14.5 Å². The molecule has 2 heterocycles. The summed E-state index contributed by atoms with van der Waals surface area (Å²) in [5, 5.41) is 13.2. The van der Waals surface area contributed by atoms with Crippen molar-refractivity contribution in [3.8, 4) is 6.07 Å². The van der Waals surface area contributed by atoms with Crippen LogP contribution in [0.4, 0.5) is 11.4 Å². The van der Waals surface area contributed by atoms with Crippen molar-refractivity contribution in [1.29, 1.82) is 5.26 Å². The minimum absolute atomic E-state index is 0.0901. The first-order valence-corrected chi connectivity index (χ1v) is 10.7. The van der Waals surface area contributed by atoms with Crippen molar-refractivity contribution in [2.24, 2.45) is 11.1 Å². The van der Waals surface area contributed by atoms with Crippen molar-refractivity contribution in [3.63, 3.8) is 0 Å². The zero-order valence-electron chi connectivity index (χ0n) is 18.3. The number of aryl methyl sites for hydroxylation is 1. The van der Waals surface area contributed by atoms with Gasteiger partial charge in [-0.2, -0.15) is 5.26 Å². The number of hydrogen-bond donors (Lipinski definition) is 2. The van der Waals surface area contributed by atoms with Crippen LogP contribution in [0.3, 0.4) is 0 Å². The van der Waals surface area contributed by atoms with Crippen LogP contribution in [-0.4, -0.2) is 11.7 Å². The summed E-state index contributed by atoms with van der Waals surface area (Å²) in [5.41, 5.74) is 9.05. The predicted octanol–water partition coefficient (Wildman–Crippen LogP) is 4.04. The number of nitrogens with zero attached hydrogens (tertiary/aromatic N) is 2. The van der Waals surface area contributed by atoms with Crippen LogP contribution in [-0.2, 0) is 15.0 Å². The Balaban J connectivity index is 1.89. The lowest BCUT2D eigenvalue weighted by molar-refractivity contribution is -0.123. The van der Waals surface area contributed by atoms with Gasteiger partial charge in [0.25, 0.3) is 0 Å². The van der Waals surface area contributed by atoms with Crippen LogP contribution in [0.15, 0.2) is 71.2 Å². The molecule has 2 aliphatic heterocycles. The Kier molecular flexibility index (Phi) is 4.12. The third-order valence-electron chi connectivity index (χ3n) is 6.69. The molecule has 0 unspecified atom stereocenters. The van der Waals surface area contributed by atoms with E-state index in [1.54, 1.807) is 17.0 Å². The molecule has 1 aliphatic carbocycles. The van der Waals surface area contributed by atoms with Gasteiger partial charge in [0.05, 0.1) is 5.57 Å². The van der Waals surface area contributed by atoms with Gasteiger partial charge >= 0.3 is 0 Å². The van der Waals surface area contributed by atoms with Crippen LogP contribution in [0.25, 0.3) is 0 Å². The molecule has 3 aliphatic rings. The minimum Gasteiger partial charge on any atom is -0.384 e. The molecule has 2 aromatic carbocycles. The molecule has 2 aromatic rings. The number of amides is 1. The number of para-hydroxylation sites is 1. The highest BCUT2D eigenvalue weighted by molar-refractivity contribution is 6.20. The molecule has 1 amide bonds. The molecule has 3 N–H and O–H groups in total. The van der Waals surface area contributed by atoms with E-state index in [0.29, 0.717) is 35.4 Å². The van der Waals surface area contributed by atoms with E-state index in [-0.39, 0.29) is 22.6 Å². The largest absolute Gasteiger partial charge is 0.384 e. The molecule has 0 saturated heterocycles. The maximum Gasteiger partial charge on any atom is 0.245 e. The van der Waals surface area contributed by atoms with Crippen molar-refractivity contribution in [2.75, 3.05) is 10.2 Å². The summed E-state index contributed by atoms with van der Waals surface area (Å²) in [6.45, 7) is 6.07. The van der Waals surface area contributed by atoms with Gasteiger partial charge in [-0.15, -0.1) is 0 Å². The summed E-state index contributed by atoms with van der Waals surface area (Å²) in [5.74, 6) is -0.338. The second-order valence-electron chi connectivity index (χ2n) is 9.56. The van der Waals surface area contributed by atoms with Crippen molar-refractivity contribution in [2.45, 2.75) is 39.0 Å². The molecule has 0 fully saturated rings. The van der Waals surface area contributed by atoms with Gasteiger partial charge in [0, 0.05) is 34.6 Å². The number of nitriles is 1. The Bertz CT molecular complexity index is 1290. The van der Waals surface area contributed by atoms with E-state index in [4.69, 9.17) is 5.73 Å². The van der Waals surface area contributed by atoms with Gasteiger partial charge in [-0.05, 0) is 37.0 Å². The Morgan fingerprint density at radius 1 is 1.06 bits per heavy atom. The molecule has 6 heteroatoms. The maximum absolute atomic E-state index is 13.7. The van der Waals surface area contributed by atoms with Crippen molar-refractivity contribution in [3.05, 3.63) is 82.3 Å². The van der Waals surface area contributed by atoms with Gasteiger partial charge in [0.1, 0.15) is 17.3 Å². The lowest BCUT2D eigenvalue weighted by atomic mass is 9.61. The van der Waals surface area contributed by atoms with Crippen LogP contribution in [0.1, 0.15) is 37.8 Å². The van der Waals surface area contributed by atoms with Gasteiger partial charge in [-0.25, -0.2) is 0 Å². The fourth-order valence-corrected chi connectivity index (χ4v) is 5.36. The first-order chi connectivity index (χ1) is 15.2. The van der Waals surface area contributed by atoms with Crippen LogP contribution in [0.2, 0.25) is 0 Å². The zero-order chi connectivity index (χ0) is 22.8. The molecule has 6 nitrogen and oxygen atoms in total. The number of fused-ring (bicyclic) bond motifs is 3. The van der Waals surface area contributed by atoms with Crippen molar-refractivity contribution >= 4 is 23.1 Å². The molecule has 0 aromatic heterocycles. The summed E-state index contributed by atoms with van der Waals surface area (Å²) < 4.78 is 0. The minimum atomic E-state index is -1.53. The van der Waals surface area contributed by atoms with E-state index in [0.717, 1.165) is 11.3 Å². The molecule has 0 bridgehead atoms. The van der Waals surface area contributed by atoms with Crippen LogP contribution >= 0.6 is 0 Å². The highest BCUT2D eigenvalue weighted by atomic mass is 16.2. The number of nitrogens with two attached hydrogens (primary N) is 1. The standard InChI is InChI=1S/C26H24N4O2/c1-15-8-10-16(11-9-15)30-20-12-25(2,3)13-21(31)22(20)26(18(14-27)23(30)28)17-6-4-5-7-19(17)29-24(26)32/h4-11H,12-13,28H2,1-3H3,(H,29,32)/t26-/m1/s1. The molecule has 160 valence electrons. The summed E-state index contributed by atoms with van der Waals surface area (Å²) in [6.07, 6.45) is 0.849. The lowest BCUT2D eigenvalue weighted by Crippen LogP contribution is -2.52. The molecule has 0 radical (unpaired) electrons.